The quantitative estimate of drug-likeness (QED) is 0.709. The van der Waals surface area contributed by atoms with Gasteiger partial charge in [0.25, 0.3) is 10.0 Å². The molecule has 0 bridgehead atoms. The fraction of sp³-hybridized carbons (Fsp3) is 0.545. The fourth-order valence-electron chi connectivity index (χ4n) is 1.66. The van der Waals surface area contributed by atoms with Gasteiger partial charge in [-0.3, -0.25) is 4.79 Å². The van der Waals surface area contributed by atoms with Crippen molar-refractivity contribution < 1.29 is 23.1 Å². The number of carboxylic acid groups (broad SMARTS) is 1. The molecule has 1 aromatic rings. The van der Waals surface area contributed by atoms with Crippen molar-refractivity contribution in [3.05, 3.63) is 11.2 Å². The third-order valence-corrected chi connectivity index (χ3v) is 5.56. The maximum atomic E-state index is 12.0. The Hall–Kier alpha value is -1.52. The minimum absolute atomic E-state index is 0.0160. The SMILES string of the molecule is CCN(CC)C(=O)CCNS(=O)(=O)c1scnc1C(=O)O. The summed E-state index contributed by atoms with van der Waals surface area (Å²) in [7, 11) is -3.97. The van der Waals surface area contributed by atoms with E-state index in [4.69, 9.17) is 5.11 Å². The molecular formula is C11H17N3O5S2. The van der Waals surface area contributed by atoms with Crippen molar-refractivity contribution in [1.82, 2.24) is 14.6 Å². The number of nitrogens with one attached hydrogen (secondary N) is 1. The van der Waals surface area contributed by atoms with Crippen LogP contribution in [0.3, 0.4) is 0 Å². The van der Waals surface area contributed by atoms with Crippen LogP contribution in [-0.4, -0.2) is 54.9 Å². The molecule has 2 N–H and O–H groups in total. The van der Waals surface area contributed by atoms with Gasteiger partial charge in [-0.2, -0.15) is 0 Å². The van der Waals surface area contributed by atoms with Gasteiger partial charge in [0.05, 0.1) is 5.51 Å². The van der Waals surface area contributed by atoms with Crippen molar-refractivity contribution in [3.63, 3.8) is 0 Å². The Bertz CT molecular complexity index is 607. The van der Waals surface area contributed by atoms with Crippen LogP contribution < -0.4 is 4.72 Å². The van der Waals surface area contributed by atoms with Crippen LogP contribution in [0, 0.1) is 0 Å². The molecule has 0 saturated carbocycles. The molecule has 0 aliphatic rings. The molecule has 1 rings (SSSR count). The van der Waals surface area contributed by atoms with E-state index in [0.29, 0.717) is 13.1 Å². The van der Waals surface area contributed by atoms with Crippen molar-refractivity contribution in [2.45, 2.75) is 24.5 Å². The summed E-state index contributed by atoms with van der Waals surface area (Å²) in [5.74, 6) is -1.57. The van der Waals surface area contributed by atoms with Gasteiger partial charge in [0.15, 0.2) is 9.90 Å². The minimum Gasteiger partial charge on any atom is -0.476 e. The summed E-state index contributed by atoms with van der Waals surface area (Å²) in [6.45, 7) is 4.69. The Morgan fingerprint density at radius 1 is 1.38 bits per heavy atom. The Morgan fingerprint density at radius 2 is 2.00 bits per heavy atom. The highest BCUT2D eigenvalue weighted by atomic mass is 32.2. The zero-order valence-corrected chi connectivity index (χ0v) is 13.3. The van der Waals surface area contributed by atoms with E-state index >= 15 is 0 Å². The van der Waals surface area contributed by atoms with E-state index in [2.05, 4.69) is 9.71 Å². The first kappa shape index (κ1) is 17.5. The smallest absolute Gasteiger partial charge is 0.356 e. The number of rotatable bonds is 8. The molecule has 1 heterocycles. The van der Waals surface area contributed by atoms with Crippen molar-refractivity contribution in [3.8, 4) is 0 Å². The second-order valence-corrected chi connectivity index (χ2v) is 6.82. The van der Waals surface area contributed by atoms with Gasteiger partial charge >= 0.3 is 5.97 Å². The van der Waals surface area contributed by atoms with E-state index in [1.165, 1.54) is 0 Å². The molecule has 21 heavy (non-hydrogen) atoms. The molecule has 0 unspecified atom stereocenters. The summed E-state index contributed by atoms with van der Waals surface area (Å²) in [4.78, 5) is 27.7. The second-order valence-electron chi connectivity index (χ2n) is 4.01. The molecule has 0 saturated heterocycles. The standard InChI is InChI=1S/C11H17N3O5S2/c1-3-14(4-2)8(15)5-6-13-21(18,19)11-9(10(16)17)12-7-20-11/h7,13H,3-6H2,1-2H3,(H,16,17). The van der Waals surface area contributed by atoms with Gasteiger partial charge in [-0.25, -0.2) is 22.9 Å². The molecule has 0 aromatic carbocycles. The number of carbonyl (C=O) groups is 2. The first-order chi connectivity index (χ1) is 9.83. The van der Waals surface area contributed by atoms with Crippen molar-refractivity contribution in [1.29, 1.82) is 0 Å². The number of aromatic carboxylic acids is 1. The number of carboxylic acids is 1. The number of amides is 1. The van der Waals surface area contributed by atoms with Crippen LogP contribution in [0.25, 0.3) is 0 Å². The van der Waals surface area contributed by atoms with Crippen LogP contribution in [-0.2, 0) is 14.8 Å². The van der Waals surface area contributed by atoms with Gasteiger partial charge in [0, 0.05) is 26.1 Å². The lowest BCUT2D eigenvalue weighted by Crippen LogP contribution is -2.34. The molecule has 8 nitrogen and oxygen atoms in total. The Kier molecular flexibility index (Phi) is 6.24. The summed E-state index contributed by atoms with van der Waals surface area (Å²) in [6, 6.07) is 0. The van der Waals surface area contributed by atoms with Crippen molar-refractivity contribution in [2.75, 3.05) is 19.6 Å². The first-order valence-electron chi connectivity index (χ1n) is 6.27. The Balaban J connectivity index is 2.68. The molecule has 118 valence electrons. The topological polar surface area (TPSA) is 117 Å². The van der Waals surface area contributed by atoms with Crippen LogP contribution in [0.5, 0.6) is 0 Å². The predicted molar refractivity (Wildman–Crippen MR) is 76.8 cm³/mol. The highest BCUT2D eigenvalue weighted by Crippen LogP contribution is 2.19. The van der Waals surface area contributed by atoms with E-state index in [0.717, 1.165) is 16.8 Å². The van der Waals surface area contributed by atoms with E-state index in [9.17, 15) is 18.0 Å². The lowest BCUT2D eigenvalue weighted by molar-refractivity contribution is -0.130. The monoisotopic (exact) mass is 335 g/mol. The highest BCUT2D eigenvalue weighted by Gasteiger charge is 2.25. The zero-order valence-electron chi connectivity index (χ0n) is 11.7. The highest BCUT2D eigenvalue weighted by molar-refractivity contribution is 7.91. The minimum atomic E-state index is -3.97. The number of hydrogen-bond acceptors (Lipinski definition) is 6. The van der Waals surface area contributed by atoms with Gasteiger partial charge in [-0.05, 0) is 13.8 Å². The second kappa shape index (κ2) is 7.48. The van der Waals surface area contributed by atoms with E-state index in [1.807, 2.05) is 13.8 Å². The molecule has 1 amide bonds. The maximum absolute atomic E-state index is 12.0. The number of sulfonamides is 1. The van der Waals surface area contributed by atoms with Crippen LogP contribution in [0.15, 0.2) is 9.72 Å². The normalized spacial score (nSPS) is 11.3. The first-order valence-corrected chi connectivity index (χ1v) is 8.64. The van der Waals surface area contributed by atoms with Crippen molar-refractivity contribution >= 4 is 33.2 Å². The van der Waals surface area contributed by atoms with Gasteiger partial charge in [-0.15, -0.1) is 11.3 Å². The molecule has 0 fully saturated rings. The summed E-state index contributed by atoms with van der Waals surface area (Å²) >= 11 is 0.721. The lowest BCUT2D eigenvalue weighted by Gasteiger charge is -2.18. The third kappa shape index (κ3) is 4.48. The predicted octanol–water partition coefficient (Wildman–Crippen LogP) is 0.378. The molecular weight excluding hydrogens is 318 g/mol. The number of thiazole rings is 1. The van der Waals surface area contributed by atoms with E-state index in [1.54, 1.807) is 4.90 Å². The molecule has 0 radical (unpaired) electrons. The summed E-state index contributed by atoms with van der Waals surface area (Å²) in [6.07, 6.45) is 0.0160. The third-order valence-electron chi connectivity index (χ3n) is 2.73. The average molecular weight is 335 g/mol. The molecule has 0 atom stereocenters. The van der Waals surface area contributed by atoms with Gasteiger partial charge < -0.3 is 10.0 Å². The number of hydrogen-bond donors (Lipinski definition) is 2. The number of carbonyl (C=O) groups excluding carboxylic acids is 1. The average Bonchev–Trinajstić information content (AvgIpc) is 2.90. The lowest BCUT2D eigenvalue weighted by atomic mass is 10.3. The molecule has 1 aromatic heterocycles. The Labute approximate surface area is 126 Å². The number of aromatic nitrogens is 1. The van der Waals surface area contributed by atoms with Crippen LogP contribution in [0.2, 0.25) is 0 Å². The molecule has 0 spiro atoms. The molecule has 10 heteroatoms. The fourth-order valence-corrected chi connectivity index (χ4v) is 3.88. The Morgan fingerprint density at radius 3 is 2.52 bits per heavy atom. The molecule has 0 aliphatic carbocycles. The summed E-state index contributed by atoms with van der Waals surface area (Å²) in [5, 5.41) is 8.86. The summed E-state index contributed by atoms with van der Waals surface area (Å²) < 4.78 is 25.8. The largest absolute Gasteiger partial charge is 0.476 e. The molecule has 0 aliphatic heterocycles. The van der Waals surface area contributed by atoms with E-state index in [-0.39, 0.29) is 23.1 Å². The summed E-state index contributed by atoms with van der Waals surface area (Å²) in [5.41, 5.74) is 0.640. The van der Waals surface area contributed by atoms with Crippen LogP contribution >= 0.6 is 11.3 Å². The van der Waals surface area contributed by atoms with Crippen molar-refractivity contribution in [2.24, 2.45) is 0 Å². The van der Waals surface area contributed by atoms with Gasteiger partial charge in [0.2, 0.25) is 5.91 Å². The zero-order chi connectivity index (χ0) is 16.0. The number of nitrogens with zero attached hydrogens (tertiary/aromatic N) is 2. The maximum Gasteiger partial charge on any atom is 0.356 e. The van der Waals surface area contributed by atoms with Gasteiger partial charge in [-0.1, -0.05) is 0 Å². The van der Waals surface area contributed by atoms with Crippen LogP contribution in [0.4, 0.5) is 0 Å². The van der Waals surface area contributed by atoms with E-state index < -0.39 is 21.7 Å². The van der Waals surface area contributed by atoms with Gasteiger partial charge in [0.1, 0.15) is 0 Å². The van der Waals surface area contributed by atoms with Crippen LogP contribution in [0.1, 0.15) is 30.8 Å².